The van der Waals surface area contributed by atoms with Gasteiger partial charge in [0, 0.05) is 11.6 Å². The highest BCUT2D eigenvalue weighted by atomic mass is 28.4. The molecule has 0 aliphatic heterocycles. The Morgan fingerprint density at radius 2 is 1.20 bits per heavy atom. The van der Waals surface area contributed by atoms with Crippen molar-refractivity contribution in [1.82, 2.24) is 0 Å². The molecule has 3 aromatic carbocycles. The highest BCUT2D eigenvalue weighted by Crippen LogP contribution is 2.17. The van der Waals surface area contributed by atoms with E-state index in [-0.39, 0.29) is 11.8 Å². The average Bonchev–Trinajstić information content (AvgIpc) is 2.88. The lowest BCUT2D eigenvalue weighted by Crippen LogP contribution is -2.70. The highest BCUT2D eigenvalue weighted by molar-refractivity contribution is 7.04. The zero-order valence-corrected chi connectivity index (χ0v) is 22.4. The Kier molecular flexibility index (Phi) is 10.1. The zero-order valence-electron chi connectivity index (χ0n) is 20.4. The maximum atomic E-state index is 12.0. The number of rotatable bonds is 9. The normalized spacial score (nSPS) is 10.9. The number of carboxylic acids is 1. The van der Waals surface area contributed by atoms with Crippen LogP contribution in [0.3, 0.4) is 0 Å². The predicted octanol–water partition coefficient (Wildman–Crippen LogP) is 3.79. The summed E-state index contributed by atoms with van der Waals surface area (Å²) in [6.45, 7) is 12.5. The molecular weight excluding hydrogens is 472 g/mol. The van der Waals surface area contributed by atoms with Crippen LogP contribution in [-0.2, 0) is 18.4 Å². The van der Waals surface area contributed by atoms with Gasteiger partial charge < -0.3 is 14.0 Å². The molecule has 0 saturated heterocycles. The third-order valence-electron chi connectivity index (χ3n) is 5.33. The van der Waals surface area contributed by atoms with Gasteiger partial charge in [-0.05, 0) is 35.6 Å². The number of carbonyl (C=O) groups is 2. The molecule has 0 aliphatic carbocycles. The lowest BCUT2D eigenvalue weighted by atomic mass is 10.4. The van der Waals surface area contributed by atoms with E-state index in [1.807, 2.05) is 54.6 Å². The fourth-order valence-corrected chi connectivity index (χ4v) is 12.1. The van der Waals surface area contributed by atoms with Gasteiger partial charge in [0.05, 0.1) is 0 Å². The molecule has 7 heteroatoms. The van der Waals surface area contributed by atoms with Gasteiger partial charge in [0.2, 0.25) is 8.32 Å². The Morgan fingerprint density at radius 3 is 1.54 bits per heavy atom. The summed E-state index contributed by atoms with van der Waals surface area (Å²) >= 11 is 0. The monoisotopic (exact) mass is 504 g/mol. The first kappa shape index (κ1) is 27.7. The van der Waals surface area contributed by atoms with E-state index < -0.39 is 28.6 Å². The number of esters is 1. The Hall–Kier alpha value is -3.53. The molecule has 0 aromatic heterocycles. The second kappa shape index (κ2) is 12.8. The first-order valence-electron chi connectivity index (χ1n) is 11.2. The average molecular weight is 505 g/mol. The molecule has 0 heterocycles. The molecule has 3 aromatic rings. The van der Waals surface area contributed by atoms with Gasteiger partial charge in [0.25, 0.3) is 8.32 Å². The van der Waals surface area contributed by atoms with Gasteiger partial charge in [-0.1, -0.05) is 104 Å². The second-order valence-corrected chi connectivity index (χ2v) is 15.9. The summed E-state index contributed by atoms with van der Waals surface area (Å²) in [5.74, 6) is -1.37. The fourth-order valence-electron chi connectivity index (χ4n) is 3.46. The first-order valence-corrected chi connectivity index (χ1v) is 16.2. The summed E-state index contributed by atoms with van der Waals surface area (Å²) in [6, 6.07) is 30.7. The molecule has 0 atom stereocenters. The third kappa shape index (κ3) is 7.75. The number of carbonyl (C=O) groups excluding carboxylic acids is 1. The van der Waals surface area contributed by atoms with Crippen molar-refractivity contribution in [2.24, 2.45) is 0 Å². The molecule has 1 N–H and O–H groups in total. The molecule has 35 heavy (non-hydrogen) atoms. The van der Waals surface area contributed by atoms with E-state index in [1.165, 1.54) is 18.2 Å². The Bertz CT molecular complexity index is 1080. The van der Waals surface area contributed by atoms with Gasteiger partial charge in [-0.25, -0.2) is 9.59 Å². The minimum atomic E-state index is -2.87. The van der Waals surface area contributed by atoms with Crippen molar-refractivity contribution < 1.29 is 23.5 Å². The van der Waals surface area contributed by atoms with E-state index in [1.54, 1.807) is 0 Å². The van der Waals surface area contributed by atoms with Gasteiger partial charge in [-0.3, -0.25) is 0 Å². The summed E-state index contributed by atoms with van der Waals surface area (Å²) in [4.78, 5) is 21.6. The maximum Gasteiger partial charge on any atom is 0.330 e. The molecule has 0 fully saturated rings. The van der Waals surface area contributed by atoms with Crippen molar-refractivity contribution in [3.63, 3.8) is 0 Å². The number of benzene rings is 3. The largest absolute Gasteiger partial charge is 0.478 e. The molecule has 0 radical (unpaired) electrons. The van der Waals surface area contributed by atoms with Crippen LogP contribution in [0.5, 0.6) is 0 Å². The van der Waals surface area contributed by atoms with E-state index in [0.717, 1.165) is 10.4 Å². The summed E-state index contributed by atoms with van der Waals surface area (Å²) in [6.07, 6.45) is 1.41. The minimum absolute atomic E-state index is 0.176. The lowest BCUT2D eigenvalue weighted by Gasteiger charge is -2.39. The van der Waals surface area contributed by atoms with Crippen LogP contribution in [0.4, 0.5) is 0 Å². The zero-order chi connectivity index (χ0) is 25.9. The first-order chi connectivity index (χ1) is 16.6. The minimum Gasteiger partial charge on any atom is -0.478 e. The standard InChI is InChI=1S/C24H26O3Si2.C4H6O2/c1-4-24(25)26-20-29(22-16-10-6-11-17-22,23-18-12-7-13-19-23)27-28(2,3)21-14-8-5-9-15-21;1-3(2)4(5)6/h4-19H,1,20H2,2-3H3;1H2,2H3,(H,5,6). The summed E-state index contributed by atoms with van der Waals surface area (Å²) in [5.41, 5.74) is 0.176. The summed E-state index contributed by atoms with van der Waals surface area (Å²) in [7, 11) is -5.19. The van der Waals surface area contributed by atoms with Crippen LogP contribution in [0.1, 0.15) is 6.92 Å². The molecule has 0 spiro atoms. The van der Waals surface area contributed by atoms with Crippen LogP contribution in [0, 0.1) is 0 Å². The summed E-state index contributed by atoms with van der Waals surface area (Å²) in [5, 5.41) is 11.3. The van der Waals surface area contributed by atoms with Crippen LogP contribution in [-0.4, -0.2) is 39.9 Å². The van der Waals surface area contributed by atoms with E-state index in [2.05, 4.69) is 62.7 Å². The number of carboxylic acid groups (broad SMARTS) is 1. The van der Waals surface area contributed by atoms with Crippen LogP contribution >= 0.6 is 0 Å². The van der Waals surface area contributed by atoms with E-state index in [9.17, 15) is 9.59 Å². The Labute approximate surface area is 209 Å². The van der Waals surface area contributed by atoms with Crippen molar-refractivity contribution in [3.8, 4) is 0 Å². The number of hydrogen-bond acceptors (Lipinski definition) is 4. The molecule has 0 bridgehead atoms. The number of ether oxygens (including phenoxy) is 1. The van der Waals surface area contributed by atoms with E-state index in [0.29, 0.717) is 0 Å². The van der Waals surface area contributed by atoms with Gasteiger partial charge in [-0.15, -0.1) is 0 Å². The number of hydrogen-bond donors (Lipinski definition) is 1. The topological polar surface area (TPSA) is 72.8 Å². The van der Waals surface area contributed by atoms with Crippen LogP contribution < -0.4 is 15.6 Å². The van der Waals surface area contributed by atoms with Crippen LogP contribution in [0.15, 0.2) is 116 Å². The van der Waals surface area contributed by atoms with Gasteiger partial charge in [-0.2, -0.15) is 0 Å². The highest BCUT2D eigenvalue weighted by Gasteiger charge is 2.46. The van der Waals surface area contributed by atoms with Crippen molar-refractivity contribution in [3.05, 3.63) is 116 Å². The van der Waals surface area contributed by atoms with Crippen molar-refractivity contribution in [2.45, 2.75) is 20.0 Å². The molecule has 3 rings (SSSR count). The van der Waals surface area contributed by atoms with Crippen LogP contribution in [0.25, 0.3) is 0 Å². The maximum absolute atomic E-state index is 12.0. The molecule has 182 valence electrons. The molecule has 0 unspecified atom stereocenters. The second-order valence-electron chi connectivity index (χ2n) is 8.43. The quantitative estimate of drug-likeness (QED) is 0.273. The number of aliphatic carboxylic acids is 1. The van der Waals surface area contributed by atoms with Gasteiger partial charge in [0.1, 0.15) is 6.23 Å². The van der Waals surface area contributed by atoms with Crippen molar-refractivity contribution >= 4 is 44.1 Å². The molecule has 0 amide bonds. The molecule has 0 saturated carbocycles. The van der Waals surface area contributed by atoms with Gasteiger partial charge in [0.15, 0.2) is 0 Å². The smallest absolute Gasteiger partial charge is 0.330 e. The predicted molar refractivity (Wildman–Crippen MR) is 146 cm³/mol. The van der Waals surface area contributed by atoms with Crippen molar-refractivity contribution in [1.29, 1.82) is 0 Å². The third-order valence-corrected chi connectivity index (χ3v) is 13.6. The van der Waals surface area contributed by atoms with E-state index in [4.69, 9.17) is 14.0 Å². The Balaban J connectivity index is 0.000000641. The molecule has 0 aliphatic rings. The SMILES string of the molecule is C=C(C)C(=O)O.C=CC(=O)OC[Si](O[Si](C)(C)c1ccccc1)(c1ccccc1)c1ccccc1. The van der Waals surface area contributed by atoms with E-state index >= 15 is 0 Å². The van der Waals surface area contributed by atoms with Gasteiger partial charge >= 0.3 is 11.9 Å². The van der Waals surface area contributed by atoms with Crippen molar-refractivity contribution in [2.75, 3.05) is 6.23 Å². The fraction of sp³-hybridized carbons (Fsp3) is 0.143. The van der Waals surface area contributed by atoms with Crippen LogP contribution in [0.2, 0.25) is 13.1 Å². The lowest BCUT2D eigenvalue weighted by molar-refractivity contribution is -0.136. The Morgan fingerprint density at radius 1 is 0.829 bits per heavy atom. The summed E-state index contributed by atoms with van der Waals surface area (Å²) < 4.78 is 12.8. The molecule has 5 nitrogen and oxygen atoms in total. The molecular formula is C28H32O5Si2.